The highest BCUT2D eigenvalue weighted by Crippen LogP contribution is 2.25. The van der Waals surface area contributed by atoms with Crippen LogP contribution in [0.25, 0.3) is 0 Å². The van der Waals surface area contributed by atoms with E-state index in [1.54, 1.807) is 6.92 Å². The molecule has 0 aromatic rings. The minimum Gasteiger partial charge on any atom is -0.444 e. The van der Waals surface area contributed by atoms with E-state index >= 15 is 0 Å². The van der Waals surface area contributed by atoms with E-state index in [0.29, 0.717) is 12.3 Å². The van der Waals surface area contributed by atoms with E-state index < -0.39 is 61.2 Å². The van der Waals surface area contributed by atoms with Gasteiger partial charge in [0, 0.05) is 19.5 Å². The van der Waals surface area contributed by atoms with Crippen LogP contribution in [0.2, 0.25) is 0 Å². The minimum atomic E-state index is -1.61. The van der Waals surface area contributed by atoms with Crippen LogP contribution in [-0.4, -0.2) is 128 Å². The van der Waals surface area contributed by atoms with Crippen LogP contribution in [-0.2, 0) is 19.0 Å². The van der Waals surface area contributed by atoms with Crippen LogP contribution in [0.1, 0.15) is 111 Å². The van der Waals surface area contributed by atoms with Gasteiger partial charge in [0.25, 0.3) is 0 Å². The second kappa shape index (κ2) is 20.7. The first kappa shape index (κ1) is 40.6. The third kappa shape index (κ3) is 14.3. The molecule has 2 amide bonds. The molecule has 0 aliphatic carbocycles. The maximum absolute atomic E-state index is 12.6. The summed E-state index contributed by atoms with van der Waals surface area (Å²) >= 11 is 0. The van der Waals surface area contributed by atoms with Crippen LogP contribution >= 0.6 is 0 Å². The smallest absolute Gasteiger partial charge is 0.410 e. The van der Waals surface area contributed by atoms with Gasteiger partial charge in [-0.2, -0.15) is 0 Å². The Hall–Kier alpha value is -1.58. The van der Waals surface area contributed by atoms with E-state index in [2.05, 4.69) is 5.32 Å². The maximum Gasteiger partial charge on any atom is 0.410 e. The lowest BCUT2D eigenvalue weighted by Gasteiger charge is -2.40. The Morgan fingerprint density at radius 2 is 1.50 bits per heavy atom. The Kier molecular flexibility index (Phi) is 18.3. The third-order valence-corrected chi connectivity index (χ3v) is 8.89. The number of hydrogen-bond acceptors (Lipinski definition) is 11. The Labute approximate surface area is 274 Å². The van der Waals surface area contributed by atoms with Gasteiger partial charge in [-0.1, -0.05) is 58.3 Å². The SMILES string of the molecule is CC[C@@H](O)[C@@H](O)[C@H](COC1OC(CO)C(O)C(O)C1O)NC(=O)CCCCCCCCCCC1CCN(C(=O)OC(C)(C)C)CC1. The molecule has 2 saturated heterocycles. The zero-order valence-electron chi connectivity index (χ0n) is 28.4. The number of ether oxygens (including phenoxy) is 3. The van der Waals surface area contributed by atoms with E-state index in [-0.39, 0.29) is 31.4 Å². The van der Waals surface area contributed by atoms with Crippen molar-refractivity contribution < 1.29 is 54.4 Å². The standard InChI is InChI=1S/C33H62N2O11/c1-5-24(37)27(39)23(21-44-31-30(42)29(41)28(40)25(20-36)45-31)34-26(38)15-13-11-9-7-6-8-10-12-14-22-16-18-35(19-17-22)32(43)46-33(2,3)4/h22-25,27-31,36-37,39-42H,5-21H2,1-4H3,(H,34,38)/t23-,24+,25?,27-,28?,29?,30?,31?/m0/s1. The second-order valence-electron chi connectivity index (χ2n) is 13.9. The van der Waals surface area contributed by atoms with Crippen molar-refractivity contribution >= 4 is 12.0 Å². The van der Waals surface area contributed by atoms with Crippen LogP contribution in [0, 0.1) is 5.92 Å². The van der Waals surface area contributed by atoms with Crippen LogP contribution in [0.4, 0.5) is 4.79 Å². The summed E-state index contributed by atoms with van der Waals surface area (Å²) in [4.78, 5) is 26.7. The zero-order chi connectivity index (χ0) is 34.3. The molecule has 13 nitrogen and oxygen atoms in total. The van der Waals surface area contributed by atoms with Crippen molar-refractivity contribution in [2.75, 3.05) is 26.3 Å². The summed E-state index contributed by atoms with van der Waals surface area (Å²) < 4.78 is 16.3. The van der Waals surface area contributed by atoms with E-state index in [9.17, 15) is 40.2 Å². The van der Waals surface area contributed by atoms with Crippen LogP contribution in [0.3, 0.4) is 0 Å². The summed E-state index contributed by atoms with van der Waals surface area (Å²) in [6, 6.07) is -1.01. The lowest BCUT2D eigenvalue weighted by molar-refractivity contribution is -0.303. The van der Waals surface area contributed by atoms with Crippen LogP contribution in [0.15, 0.2) is 0 Å². The van der Waals surface area contributed by atoms with Crippen molar-refractivity contribution in [2.45, 2.75) is 166 Å². The van der Waals surface area contributed by atoms with Crippen molar-refractivity contribution in [1.29, 1.82) is 0 Å². The van der Waals surface area contributed by atoms with Crippen molar-refractivity contribution in [3.63, 3.8) is 0 Å². The molecule has 2 rings (SSSR count). The molecule has 0 aromatic carbocycles. The van der Waals surface area contributed by atoms with Crippen molar-refractivity contribution in [2.24, 2.45) is 5.92 Å². The number of nitrogens with one attached hydrogen (secondary N) is 1. The predicted molar refractivity (Wildman–Crippen MR) is 171 cm³/mol. The van der Waals surface area contributed by atoms with Gasteiger partial charge in [0.15, 0.2) is 6.29 Å². The Balaban J connectivity index is 1.58. The van der Waals surface area contributed by atoms with Gasteiger partial charge in [0.05, 0.1) is 25.4 Å². The summed E-state index contributed by atoms with van der Waals surface area (Å²) in [5.74, 6) is 0.372. The predicted octanol–water partition coefficient (Wildman–Crippen LogP) is 1.97. The highest BCUT2D eigenvalue weighted by Gasteiger charge is 2.44. The second-order valence-corrected chi connectivity index (χ2v) is 13.9. The van der Waals surface area contributed by atoms with Gasteiger partial charge in [-0.3, -0.25) is 4.79 Å². The number of unbranched alkanes of at least 4 members (excludes halogenated alkanes) is 7. The molecule has 13 heteroatoms. The lowest BCUT2D eigenvalue weighted by atomic mass is 9.91. The van der Waals surface area contributed by atoms with E-state index in [1.807, 2.05) is 25.7 Å². The molecule has 0 saturated carbocycles. The molecule has 0 bridgehead atoms. The van der Waals surface area contributed by atoms with Gasteiger partial charge >= 0.3 is 6.09 Å². The first-order valence-corrected chi connectivity index (χ1v) is 17.3. The summed E-state index contributed by atoms with van der Waals surface area (Å²) in [5.41, 5.74) is -0.462. The molecule has 0 aromatic heterocycles. The monoisotopic (exact) mass is 662 g/mol. The van der Waals surface area contributed by atoms with Crippen LogP contribution in [0.5, 0.6) is 0 Å². The summed E-state index contributed by atoms with van der Waals surface area (Å²) in [6.45, 7) is 7.96. The fourth-order valence-corrected chi connectivity index (χ4v) is 5.93. The Morgan fingerprint density at radius 3 is 2.07 bits per heavy atom. The van der Waals surface area contributed by atoms with E-state index in [0.717, 1.165) is 51.6 Å². The fraction of sp³-hybridized carbons (Fsp3) is 0.939. The molecule has 270 valence electrons. The van der Waals surface area contributed by atoms with Gasteiger partial charge in [-0.15, -0.1) is 0 Å². The number of aliphatic hydroxyl groups is 6. The maximum atomic E-state index is 12.6. The average molecular weight is 663 g/mol. The highest BCUT2D eigenvalue weighted by molar-refractivity contribution is 5.76. The zero-order valence-corrected chi connectivity index (χ0v) is 28.4. The molecule has 8 atom stereocenters. The number of rotatable bonds is 19. The number of likely N-dealkylation sites (tertiary alicyclic amines) is 1. The largest absolute Gasteiger partial charge is 0.444 e. The molecule has 46 heavy (non-hydrogen) atoms. The molecule has 0 spiro atoms. The first-order valence-electron chi connectivity index (χ1n) is 17.3. The minimum absolute atomic E-state index is 0.207. The topological polar surface area (TPSA) is 198 Å². The quantitative estimate of drug-likeness (QED) is 0.0999. The lowest BCUT2D eigenvalue weighted by Crippen LogP contribution is -2.60. The van der Waals surface area contributed by atoms with Crippen molar-refractivity contribution in [3.05, 3.63) is 0 Å². The number of carbonyl (C=O) groups excluding carboxylic acids is 2. The van der Waals surface area contributed by atoms with Gasteiger partial charge in [0.2, 0.25) is 5.91 Å². The molecular weight excluding hydrogens is 600 g/mol. The molecule has 2 fully saturated rings. The van der Waals surface area contributed by atoms with E-state index in [4.69, 9.17) is 14.2 Å². The fourth-order valence-electron chi connectivity index (χ4n) is 5.93. The number of piperidine rings is 1. The molecule has 2 aliphatic heterocycles. The number of aliphatic hydroxyl groups excluding tert-OH is 6. The summed E-state index contributed by atoms with van der Waals surface area (Å²) in [5, 5.41) is 63.0. The number of nitrogens with zero attached hydrogens (tertiary/aromatic N) is 1. The number of carbonyl (C=O) groups is 2. The highest BCUT2D eigenvalue weighted by atomic mass is 16.7. The molecule has 0 radical (unpaired) electrons. The average Bonchev–Trinajstić information content (AvgIpc) is 3.02. The normalized spacial score (nSPS) is 26.4. The molecular formula is C33H62N2O11. The summed E-state index contributed by atoms with van der Waals surface area (Å²) in [6.07, 6.45) is 2.23. The number of amides is 2. The van der Waals surface area contributed by atoms with Crippen LogP contribution < -0.4 is 5.32 Å². The molecule has 2 aliphatic rings. The van der Waals surface area contributed by atoms with Gasteiger partial charge < -0.3 is 55.1 Å². The third-order valence-electron chi connectivity index (χ3n) is 8.89. The van der Waals surface area contributed by atoms with Gasteiger partial charge in [0.1, 0.15) is 36.1 Å². The van der Waals surface area contributed by atoms with Gasteiger partial charge in [-0.25, -0.2) is 4.79 Å². The molecule has 2 heterocycles. The summed E-state index contributed by atoms with van der Waals surface area (Å²) in [7, 11) is 0. The van der Waals surface area contributed by atoms with Gasteiger partial charge in [-0.05, 0) is 52.4 Å². The number of hydrogen-bond donors (Lipinski definition) is 7. The Morgan fingerprint density at radius 1 is 0.913 bits per heavy atom. The molecule has 7 N–H and O–H groups in total. The first-order chi connectivity index (χ1) is 21.8. The Bertz CT molecular complexity index is 863. The molecule has 5 unspecified atom stereocenters. The van der Waals surface area contributed by atoms with E-state index in [1.165, 1.54) is 25.7 Å². The van der Waals surface area contributed by atoms with Crippen molar-refractivity contribution in [1.82, 2.24) is 10.2 Å². The van der Waals surface area contributed by atoms with Crippen molar-refractivity contribution in [3.8, 4) is 0 Å².